The Hall–Kier alpha value is -2.31. The summed E-state index contributed by atoms with van der Waals surface area (Å²) in [6, 6.07) is 10.4. The van der Waals surface area contributed by atoms with Gasteiger partial charge in [-0.1, -0.05) is 23.4 Å². The number of benzene rings is 1. The molecule has 0 atom stereocenters. The van der Waals surface area contributed by atoms with Crippen molar-refractivity contribution >= 4 is 22.7 Å². The van der Waals surface area contributed by atoms with Crippen LogP contribution < -0.4 is 0 Å². The average Bonchev–Trinajstić information content (AvgIpc) is 3.31. The van der Waals surface area contributed by atoms with E-state index in [4.69, 9.17) is 9.51 Å². The van der Waals surface area contributed by atoms with Gasteiger partial charge in [0.1, 0.15) is 5.01 Å². The Morgan fingerprint density at radius 3 is 2.75 bits per heavy atom. The number of thiophene rings is 1. The Labute approximate surface area is 147 Å². The van der Waals surface area contributed by atoms with Gasteiger partial charge in [0.2, 0.25) is 11.7 Å². The van der Waals surface area contributed by atoms with Crippen molar-refractivity contribution in [3.63, 3.8) is 0 Å². The van der Waals surface area contributed by atoms with E-state index in [1.54, 1.807) is 22.7 Å². The summed E-state index contributed by atoms with van der Waals surface area (Å²) in [5, 5.41) is 9.10. The molecule has 24 heavy (non-hydrogen) atoms. The Kier molecular flexibility index (Phi) is 4.00. The van der Waals surface area contributed by atoms with Gasteiger partial charge in [-0.2, -0.15) is 4.98 Å². The van der Waals surface area contributed by atoms with Crippen LogP contribution in [0.4, 0.5) is 0 Å². The average molecular weight is 353 g/mol. The first-order valence-corrected chi connectivity index (χ1v) is 9.33. The van der Waals surface area contributed by atoms with Crippen molar-refractivity contribution in [1.29, 1.82) is 0 Å². The lowest BCUT2D eigenvalue weighted by atomic mass is 10.1. The van der Waals surface area contributed by atoms with Crippen molar-refractivity contribution < 1.29 is 4.52 Å². The lowest BCUT2D eigenvalue weighted by Gasteiger charge is -2.02. The predicted octanol–water partition coefficient (Wildman–Crippen LogP) is 5.13. The van der Waals surface area contributed by atoms with Crippen LogP contribution in [-0.2, 0) is 6.42 Å². The minimum Gasteiger partial charge on any atom is -0.338 e. The SMILES string of the molecule is Cc1ccc(-c2csc(Cc3nc(-c4cccs4)no3)n2)cc1C. The molecule has 3 heterocycles. The molecule has 0 saturated carbocycles. The highest BCUT2D eigenvalue weighted by Crippen LogP contribution is 2.26. The minimum absolute atomic E-state index is 0.563. The molecule has 4 rings (SSSR count). The van der Waals surface area contributed by atoms with Gasteiger partial charge in [-0.25, -0.2) is 4.98 Å². The Bertz CT molecular complexity index is 970. The van der Waals surface area contributed by atoms with E-state index in [9.17, 15) is 0 Å². The van der Waals surface area contributed by atoms with Crippen LogP contribution in [0, 0.1) is 13.8 Å². The first-order valence-electron chi connectivity index (χ1n) is 7.57. The highest BCUT2D eigenvalue weighted by Gasteiger charge is 2.13. The summed E-state index contributed by atoms with van der Waals surface area (Å²) >= 11 is 3.22. The zero-order valence-electron chi connectivity index (χ0n) is 13.3. The van der Waals surface area contributed by atoms with Gasteiger partial charge in [-0.15, -0.1) is 22.7 Å². The van der Waals surface area contributed by atoms with Crippen molar-refractivity contribution in [3.8, 4) is 22.0 Å². The molecule has 0 saturated heterocycles. The fraction of sp³-hybridized carbons (Fsp3) is 0.167. The van der Waals surface area contributed by atoms with E-state index < -0.39 is 0 Å². The highest BCUT2D eigenvalue weighted by molar-refractivity contribution is 7.13. The maximum absolute atomic E-state index is 5.35. The van der Waals surface area contributed by atoms with Crippen molar-refractivity contribution in [2.75, 3.05) is 0 Å². The zero-order chi connectivity index (χ0) is 16.5. The van der Waals surface area contributed by atoms with Crippen LogP contribution in [0.5, 0.6) is 0 Å². The molecule has 0 unspecified atom stereocenters. The van der Waals surface area contributed by atoms with Crippen LogP contribution in [0.2, 0.25) is 0 Å². The lowest BCUT2D eigenvalue weighted by molar-refractivity contribution is 0.385. The molecular weight excluding hydrogens is 338 g/mol. The molecule has 0 amide bonds. The molecule has 0 aliphatic rings. The van der Waals surface area contributed by atoms with Gasteiger partial charge >= 0.3 is 0 Å². The molecule has 6 heteroatoms. The molecule has 4 nitrogen and oxygen atoms in total. The fourth-order valence-electron chi connectivity index (χ4n) is 2.39. The molecule has 4 aromatic rings. The molecule has 0 bridgehead atoms. The van der Waals surface area contributed by atoms with Crippen molar-refractivity contribution in [1.82, 2.24) is 15.1 Å². The van der Waals surface area contributed by atoms with Crippen LogP contribution in [0.25, 0.3) is 22.0 Å². The summed E-state index contributed by atoms with van der Waals surface area (Å²) in [5.41, 5.74) is 4.71. The van der Waals surface area contributed by atoms with Gasteiger partial charge in [0.25, 0.3) is 0 Å². The van der Waals surface area contributed by atoms with Gasteiger partial charge in [0.15, 0.2) is 0 Å². The molecule has 120 valence electrons. The van der Waals surface area contributed by atoms with Crippen molar-refractivity contribution in [2.24, 2.45) is 0 Å². The van der Waals surface area contributed by atoms with Gasteiger partial charge < -0.3 is 4.52 Å². The summed E-state index contributed by atoms with van der Waals surface area (Å²) in [6.45, 7) is 4.24. The second-order valence-corrected chi connectivity index (χ2v) is 7.48. The van der Waals surface area contributed by atoms with Crippen LogP contribution in [0.1, 0.15) is 22.0 Å². The topological polar surface area (TPSA) is 51.8 Å². The number of rotatable bonds is 4. The van der Waals surface area contributed by atoms with Crippen LogP contribution >= 0.6 is 22.7 Å². The number of hydrogen-bond donors (Lipinski definition) is 0. The van der Waals surface area contributed by atoms with Crippen LogP contribution in [0.3, 0.4) is 0 Å². The molecule has 0 radical (unpaired) electrons. The summed E-state index contributed by atoms with van der Waals surface area (Å²) in [6.07, 6.45) is 0.563. The standard InChI is InChI=1S/C18H15N3OS2/c1-11-5-6-13(8-12(11)2)14-10-24-17(19-14)9-16-20-18(21-22-16)15-4-3-7-23-15/h3-8,10H,9H2,1-2H3. The van der Waals surface area contributed by atoms with Gasteiger partial charge in [0.05, 0.1) is 17.0 Å². The van der Waals surface area contributed by atoms with E-state index >= 15 is 0 Å². The fourth-order valence-corrected chi connectivity index (χ4v) is 3.83. The smallest absolute Gasteiger partial charge is 0.233 e. The number of nitrogens with zero attached hydrogens (tertiary/aromatic N) is 3. The first-order chi connectivity index (χ1) is 11.7. The molecule has 0 aliphatic heterocycles. The third-order valence-electron chi connectivity index (χ3n) is 3.87. The molecule has 0 N–H and O–H groups in total. The molecule has 0 fully saturated rings. The van der Waals surface area contributed by atoms with Gasteiger partial charge in [0, 0.05) is 10.9 Å². The number of aryl methyl sites for hydroxylation is 2. The Morgan fingerprint density at radius 2 is 1.96 bits per heavy atom. The zero-order valence-corrected chi connectivity index (χ0v) is 14.9. The maximum atomic E-state index is 5.35. The number of aromatic nitrogens is 3. The van der Waals surface area contributed by atoms with E-state index in [-0.39, 0.29) is 0 Å². The lowest BCUT2D eigenvalue weighted by Crippen LogP contribution is -1.89. The van der Waals surface area contributed by atoms with E-state index in [2.05, 4.69) is 47.6 Å². The van der Waals surface area contributed by atoms with E-state index in [1.807, 2.05) is 17.5 Å². The minimum atomic E-state index is 0.563. The summed E-state index contributed by atoms with van der Waals surface area (Å²) in [4.78, 5) is 10.2. The second-order valence-electron chi connectivity index (χ2n) is 5.59. The van der Waals surface area contributed by atoms with E-state index in [1.165, 1.54) is 11.1 Å². The second kappa shape index (κ2) is 6.30. The summed E-state index contributed by atoms with van der Waals surface area (Å²) < 4.78 is 5.35. The van der Waals surface area contributed by atoms with Crippen molar-refractivity contribution in [3.05, 3.63) is 63.1 Å². The molecule has 0 aliphatic carbocycles. The maximum Gasteiger partial charge on any atom is 0.233 e. The number of hydrogen-bond acceptors (Lipinski definition) is 6. The van der Waals surface area contributed by atoms with E-state index in [0.29, 0.717) is 18.1 Å². The quantitative estimate of drug-likeness (QED) is 0.510. The summed E-state index contributed by atoms with van der Waals surface area (Å²) in [7, 11) is 0. The normalized spacial score (nSPS) is 11.1. The predicted molar refractivity (Wildman–Crippen MR) is 97.4 cm³/mol. The number of thiazole rings is 1. The third-order valence-corrected chi connectivity index (χ3v) is 5.58. The largest absolute Gasteiger partial charge is 0.338 e. The molecular formula is C18H15N3OS2. The molecule has 0 spiro atoms. The van der Waals surface area contributed by atoms with E-state index in [0.717, 1.165) is 21.1 Å². The van der Waals surface area contributed by atoms with Gasteiger partial charge in [-0.05, 0) is 42.5 Å². The Balaban J connectivity index is 1.54. The monoisotopic (exact) mass is 353 g/mol. The van der Waals surface area contributed by atoms with Crippen molar-refractivity contribution in [2.45, 2.75) is 20.3 Å². The highest BCUT2D eigenvalue weighted by atomic mass is 32.1. The molecule has 3 aromatic heterocycles. The summed E-state index contributed by atoms with van der Waals surface area (Å²) in [5.74, 6) is 1.24. The van der Waals surface area contributed by atoms with Crippen LogP contribution in [-0.4, -0.2) is 15.1 Å². The first kappa shape index (κ1) is 15.2. The van der Waals surface area contributed by atoms with Crippen LogP contribution in [0.15, 0.2) is 45.6 Å². The Morgan fingerprint density at radius 1 is 1.04 bits per heavy atom. The third kappa shape index (κ3) is 3.02. The van der Waals surface area contributed by atoms with Gasteiger partial charge in [-0.3, -0.25) is 0 Å². The molecule has 1 aromatic carbocycles.